The highest BCUT2D eigenvalue weighted by Gasteiger charge is 2.47. The Balaban J connectivity index is 1.35. The molecular weight excluding hydrogens is 456 g/mol. The first-order valence-electron chi connectivity index (χ1n) is 13.0. The van der Waals surface area contributed by atoms with Crippen LogP contribution >= 0.6 is 0 Å². The predicted octanol–water partition coefficient (Wildman–Crippen LogP) is 4.02. The molecule has 36 heavy (non-hydrogen) atoms. The van der Waals surface area contributed by atoms with Crippen molar-refractivity contribution in [2.45, 2.75) is 56.7 Å². The van der Waals surface area contributed by atoms with Gasteiger partial charge in [-0.3, -0.25) is 9.59 Å². The molecule has 4 N–H and O–H groups in total. The summed E-state index contributed by atoms with van der Waals surface area (Å²) in [5.74, 6) is -0.0304. The van der Waals surface area contributed by atoms with Crippen molar-refractivity contribution in [2.24, 2.45) is 11.8 Å². The van der Waals surface area contributed by atoms with Crippen LogP contribution in [0.5, 0.6) is 0 Å². The summed E-state index contributed by atoms with van der Waals surface area (Å²) < 4.78 is 0. The molecule has 1 saturated carbocycles. The number of fused-ring (bicyclic) bond motifs is 3. The first-order valence-corrected chi connectivity index (χ1v) is 13.0. The molecule has 2 aromatic rings. The molecule has 5 rings (SSSR count). The number of hydrogen-bond acceptors (Lipinski definition) is 4. The molecule has 0 spiro atoms. The largest absolute Gasteiger partial charge is 0.465 e. The van der Waals surface area contributed by atoms with E-state index in [1.807, 2.05) is 41.3 Å². The van der Waals surface area contributed by atoms with Gasteiger partial charge in [0.05, 0.1) is 12.0 Å². The molecule has 1 saturated heterocycles. The lowest BCUT2D eigenvalue weighted by atomic mass is 9.80. The summed E-state index contributed by atoms with van der Waals surface area (Å²) in [6.45, 7) is 1.03. The molecule has 8 nitrogen and oxygen atoms in total. The first-order chi connectivity index (χ1) is 17.5. The Bertz CT molecular complexity index is 1110. The second-order valence-electron chi connectivity index (χ2n) is 10.1. The molecule has 3 amide bonds. The number of hydrogen-bond donors (Lipinski definition) is 4. The van der Waals surface area contributed by atoms with Gasteiger partial charge in [-0.15, -0.1) is 0 Å². The number of carbonyl (C=O) groups is 3. The van der Waals surface area contributed by atoms with Crippen LogP contribution in [-0.2, 0) is 4.79 Å². The van der Waals surface area contributed by atoms with Gasteiger partial charge in [0.2, 0.25) is 5.91 Å². The van der Waals surface area contributed by atoms with Gasteiger partial charge in [0, 0.05) is 42.3 Å². The third-order valence-corrected chi connectivity index (χ3v) is 8.03. The smallest absolute Gasteiger partial charge is 0.404 e. The van der Waals surface area contributed by atoms with Gasteiger partial charge in [-0.2, -0.15) is 0 Å². The molecular formula is C28H34N4O4. The minimum Gasteiger partial charge on any atom is -0.465 e. The highest BCUT2D eigenvalue weighted by molar-refractivity contribution is 5.94. The van der Waals surface area contributed by atoms with Gasteiger partial charge < -0.3 is 26.0 Å². The van der Waals surface area contributed by atoms with Crippen molar-refractivity contribution in [2.75, 3.05) is 18.4 Å². The molecule has 2 aliphatic heterocycles. The minimum absolute atomic E-state index is 0.0443. The topological polar surface area (TPSA) is 111 Å². The van der Waals surface area contributed by atoms with Crippen molar-refractivity contribution in [3.8, 4) is 0 Å². The minimum atomic E-state index is -1.02. The number of benzene rings is 2. The van der Waals surface area contributed by atoms with E-state index in [1.165, 1.54) is 0 Å². The van der Waals surface area contributed by atoms with Crippen LogP contribution in [-0.4, -0.2) is 53.1 Å². The average Bonchev–Trinajstić information content (AvgIpc) is 3.35. The van der Waals surface area contributed by atoms with Gasteiger partial charge in [0.15, 0.2) is 0 Å². The third kappa shape index (κ3) is 4.90. The quantitative estimate of drug-likeness (QED) is 0.489. The van der Waals surface area contributed by atoms with Crippen molar-refractivity contribution in [3.63, 3.8) is 0 Å². The van der Waals surface area contributed by atoms with E-state index in [9.17, 15) is 14.4 Å². The van der Waals surface area contributed by atoms with Crippen molar-refractivity contribution in [3.05, 3.63) is 65.7 Å². The van der Waals surface area contributed by atoms with Gasteiger partial charge in [0.25, 0.3) is 5.91 Å². The number of nitrogens with one attached hydrogen (secondary N) is 3. The summed E-state index contributed by atoms with van der Waals surface area (Å²) in [7, 11) is 0. The number of carboxylic acid groups (broad SMARTS) is 1. The van der Waals surface area contributed by atoms with Gasteiger partial charge in [-0.1, -0.05) is 49.2 Å². The number of para-hydroxylation sites is 1. The van der Waals surface area contributed by atoms with E-state index in [2.05, 4.69) is 22.0 Å². The molecule has 5 atom stereocenters. The molecule has 0 aromatic heterocycles. The van der Waals surface area contributed by atoms with Crippen LogP contribution in [0.15, 0.2) is 54.6 Å². The average molecular weight is 491 g/mol. The van der Waals surface area contributed by atoms with Crippen LogP contribution in [0.3, 0.4) is 0 Å². The Kier molecular flexibility index (Phi) is 7.11. The van der Waals surface area contributed by atoms with Crippen LogP contribution in [0.2, 0.25) is 0 Å². The highest BCUT2D eigenvalue weighted by atomic mass is 16.4. The van der Waals surface area contributed by atoms with E-state index >= 15 is 0 Å². The van der Waals surface area contributed by atoms with Crippen LogP contribution in [0.1, 0.15) is 60.5 Å². The van der Waals surface area contributed by atoms with E-state index in [1.54, 1.807) is 12.1 Å². The molecule has 1 aliphatic carbocycles. The summed E-state index contributed by atoms with van der Waals surface area (Å²) in [5.41, 5.74) is 2.74. The molecule has 2 heterocycles. The Labute approximate surface area is 211 Å². The second kappa shape index (κ2) is 10.6. The van der Waals surface area contributed by atoms with E-state index < -0.39 is 6.09 Å². The van der Waals surface area contributed by atoms with Crippen molar-refractivity contribution >= 4 is 23.6 Å². The van der Waals surface area contributed by atoms with E-state index in [-0.39, 0.29) is 41.8 Å². The van der Waals surface area contributed by atoms with Gasteiger partial charge in [-0.25, -0.2) is 4.79 Å². The van der Waals surface area contributed by atoms with Crippen molar-refractivity contribution in [1.29, 1.82) is 0 Å². The maximum absolute atomic E-state index is 14.1. The Morgan fingerprint density at radius 3 is 2.53 bits per heavy atom. The summed E-state index contributed by atoms with van der Waals surface area (Å²) in [5, 5.41) is 18.2. The summed E-state index contributed by atoms with van der Waals surface area (Å²) in [4.78, 5) is 40.0. The van der Waals surface area contributed by atoms with E-state index in [4.69, 9.17) is 5.11 Å². The zero-order valence-electron chi connectivity index (χ0n) is 20.4. The molecule has 0 radical (unpaired) electrons. The monoisotopic (exact) mass is 490 g/mol. The number of rotatable bonds is 6. The molecule has 0 unspecified atom stereocenters. The van der Waals surface area contributed by atoms with Crippen molar-refractivity contribution < 1.29 is 19.5 Å². The Morgan fingerprint density at radius 1 is 0.972 bits per heavy atom. The fourth-order valence-electron chi connectivity index (χ4n) is 6.35. The molecule has 190 valence electrons. The third-order valence-electron chi connectivity index (χ3n) is 8.03. The van der Waals surface area contributed by atoms with Gasteiger partial charge >= 0.3 is 6.09 Å². The van der Waals surface area contributed by atoms with Crippen LogP contribution in [0.25, 0.3) is 0 Å². The first kappa shape index (κ1) is 24.2. The molecule has 2 aromatic carbocycles. The molecule has 2 fully saturated rings. The number of carbonyl (C=O) groups excluding carboxylic acids is 2. The number of likely N-dealkylation sites (tertiary alicyclic amines) is 1. The SMILES string of the molecule is O=C(O)NCC[C@H]1Nc2ccccc2[C@H]2[C@@H]1CCN2C(=O)[C@H]1CCCC[C@H]1NC(=O)c1ccccc1. The normalized spacial score (nSPS) is 26.8. The van der Waals surface area contributed by atoms with E-state index in [0.717, 1.165) is 43.4 Å². The van der Waals surface area contributed by atoms with Gasteiger partial charge in [-0.05, 0) is 49.4 Å². The predicted molar refractivity (Wildman–Crippen MR) is 137 cm³/mol. The number of amides is 3. The Morgan fingerprint density at radius 2 is 1.72 bits per heavy atom. The molecule has 0 bridgehead atoms. The standard InChI is InChI=1S/C28H34N4O4/c33-26(18-8-2-1-3-9-18)31-23-13-7-5-11-21(23)27(34)32-17-15-20-24(14-16-29-28(35)36)30-22-12-6-4-10-19(22)25(20)32/h1-4,6,8-10,12,20-21,23-25,29-30H,5,7,11,13-17H2,(H,31,33)(H,35,36)/t20-,21+,23-,24-,25+/m1/s1. The summed E-state index contributed by atoms with van der Waals surface area (Å²) >= 11 is 0. The summed E-state index contributed by atoms with van der Waals surface area (Å²) in [6.07, 6.45) is 4.06. The maximum atomic E-state index is 14.1. The van der Waals surface area contributed by atoms with Crippen molar-refractivity contribution in [1.82, 2.24) is 15.5 Å². The zero-order valence-corrected chi connectivity index (χ0v) is 20.4. The lowest BCUT2D eigenvalue weighted by molar-refractivity contribution is -0.138. The van der Waals surface area contributed by atoms with E-state index in [0.29, 0.717) is 25.1 Å². The molecule has 3 aliphatic rings. The highest BCUT2D eigenvalue weighted by Crippen LogP contribution is 2.48. The fourth-order valence-corrected chi connectivity index (χ4v) is 6.35. The lowest BCUT2D eigenvalue weighted by Gasteiger charge is -2.42. The van der Waals surface area contributed by atoms with Gasteiger partial charge in [0.1, 0.15) is 0 Å². The molecule has 8 heteroatoms. The zero-order chi connectivity index (χ0) is 25.1. The number of nitrogens with zero attached hydrogens (tertiary/aromatic N) is 1. The second-order valence-corrected chi connectivity index (χ2v) is 10.1. The maximum Gasteiger partial charge on any atom is 0.404 e. The fraction of sp³-hybridized carbons (Fsp3) is 0.464. The van der Waals surface area contributed by atoms with Crippen LogP contribution in [0.4, 0.5) is 10.5 Å². The Hall–Kier alpha value is -3.55. The van der Waals surface area contributed by atoms with Crippen LogP contribution < -0.4 is 16.0 Å². The summed E-state index contributed by atoms with van der Waals surface area (Å²) in [6, 6.07) is 17.1. The number of anilines is 1. The van der Waals surface area contributed by atoms with Crippen LogP contribution in [0, 0.1) is 11.8 Å². The lowest BCUT2D eigenvalue weighted by Crippen LogP contribution is -2.50.